The smallest absolute Gasteiger partial charge is 0.247 e. The number of rotatable bonds is 4. The van der Waals surface area contributed by atoms with E-state index in [1.807, 2.05) is 0 Å². The van der Waals surface area contributed by atoms with Crippen LogP contribution in [0.1, 0.15) is 11.6 Å². The molecule has 0 radical (unpaired) electrons. The normalized spacial score (nSPS) is 16.1. The molecule has 28 heavy (non-hydrogen) atoms. The molecule has 2 heterocycles. The summed E-state index contributed by atoms with van der Waals surface area (Å²) in [6.07, 6.45) is -1.22. The summed E-state index contributed by atoms with van der Waals surface area (Å²) >= 11 is 0. The van der Waals surface area contributed by atoms with Crippen molar-refractivity contribution < 1.29 is 21.6 Å². The molecule has 1 fully saturated rings. The summed E-state index contributed by atoms with van der Waals surface area (Å²) < 4.78 is 67.0. The zero-order valence-corrected chi connectivity index (χ0v) is 15.2. The van der Waals surface area contributed by atoms with Crippen molar-refractivity contribution in [3.63, 3.8) is 0 Å². The fraction of sp³-hybridized carbons (Fsp3) is 0.222. The number of aromatic nitrogens is 3. The average Bonchev–Trinajstić information content (AvgIpc) is 3.14. The third-order valence-electron chi connectivity index (χ3n) is 4.66. The van der Waals surface area contributed by atoms with Crippen molar-refractivity contribution in [3.8, 4) is 11.1 Å². The molecule has 0 bridgehead atoms. The van der Waals surface area contributed by atoms with Gasteiger partial charge in [0.05, 0.1) is 22.7 Å². The van der Waals surface area contributed by atoms with Crippen molar-refractivity contribution in [1.82, 2.24) is 19.3 Å². The van der Waals surface area contributed by atoms with Gasteiger partial charge in [0.25, 0.3) is 0 Å². The van der Waals surface area contributed by atoms with Crippen molar-refractivity contribution in [1.29, 1.82) is 0 Å². The number of benzene rings is 2. The number of hydrogen-bond acceptors (Lipinski definition) is 4. The first-order valence-corrected chi connectivity index (χ1v) is 9.83. The second kappa shape index (κ2) is 6.71. The Morgan fingerprint density at radius 2 is 1.71 bits per heavy atom. The molecule has 6 nitrogen and oxygen atoms in total. The van der Waals surface area contributed by atoms with Gasteiger partial charge in [0, 0.05) is 19.3 Å². The van der Waals surface area contributed by atoms with Crippen LogP contribution in [0.5, 0.6) is 0 Å². The van der Waals surface area contributed by atoms with E-state index in [-0.39, 0.29) is 10.9 Å². The summed E-state index contributed by atoms with van der Waals surface area (Å²) in [6.45, 7) is 0.585. The first-order valence-electron chi connectivity index (χ1n) is 8.39. The lowest BCUT2D eigenvalue weighted by Gasteiger charge is -2.37. The van der Waals surface area contributed by atoms with Crippen molar-refractivity contribution in [2.75, 3.05) is 13.1 Å². The highest BCUT2D eigenvalue weighted by Gasteiger charge is 2.38. The van der Waals surface area contributed by atoms with Crippen molar-refractivity contribution in [2.24, 2.45) is 0 Å². The summed E-state index contributed by atoms with van der Waals surface area (Å²) in [5, 5.41) is 7.57. The molecule has 1 aromatic heterocycles. The first-order chi connectivity index (χ1) is 13.2. The van der Waals surface area contributed by atoms with E-state index in [2.05, 4.69) is 10.3 Å². The van der Waals surface area contributed by atoms with E-state index >= 15 is 0 Å². The highest BCUT2D eigenvalue weighted by Crippen LogP contribution is 2.33. The van der Waals surface area contributed by atoms with Crippen molar-refractivity contribution in [3.05, 3.63) is 66.5 Å². The summed E-state index contributed by atoms with van der Waals surface area (Å²) in [5.74, 6) is 0. The van der Waals surface area contributed by atoms with Crippen molar-refractivity contribution in [2.45, 2.75) is 17.1 Å². The lowest BCUT2D eigenvalue weighted by Crippen LogP contribution is -2.50. The Kier molecular flexibility index (Phi) is 4.47. The molecule has 0 aliphatic carbocycles. The molecular formula is C18H15F3N4O2S. The number of halogens is 3. The Morgan fingerprint density at radius 3 is 2.32 bits per heavy atom. The standard InChI is InChI=1S/C18H15F3N4O2S/c19-18(20,21)15-3-1-2-14(10-15)13-4-6-17(7-5-13)28(26,27)24-11-16(12-24)25-9-8-22-23-25/h1-10,16H,11-12H2. The Labute approximate surface area is 159 Å². The molecule has 1 aliphatic heterocycles. The Morgan fingerprint density at radius 1 is 1.00 bits per heavy atom. The minimum absolute atomic E-state index is 0.0540. The Balaban J connectivity index is 1.52. The third kappa shape index (κ3) is 3.40. The van der Waals surface area contributed by atoms with Crippen LogP contribution >= 0.6 is 0 Å². The molecule has 0 saturated carbocycles. The van der Waals surface area contributed by atoms with Crippen molar-refractivity contribution >= 4 is 10.0 Å². The minimum atomic E-state index is -4.43. The molecule has 0 unspecified atom stereocenters. The third-order valence-corrected chi connectivity index (χ3v) is 6.51. The monoisotopic (exact) mass is 408 g/mol. The van der Waals surface area contributed by atoms with Crippen LogP contribution in [0.4, 0.5) is 13.2 Å². The Bertz CT molecular complexity index is 1070. The van der Waals surface area contributed by atoms with Crippen LogP contribution in [0.25, 0.3) is 11.1 Å². The van der Waals surface area contributed by atoms with Crippen LogP contribution < -0.4 is 0 Å². The highest BCUT2D eigenvalue weighted by molar-refractivity contribution is 7.89. The maximum atomic E-state index is 12.9. The molecule has 0 amide bonds. The molecular weight excluding hydrogens is 393 g/mol. The zero-order chi connectivity index (χ0) is 19.9. The molecule has 3 aromatic rings. The van der Waals surface area contributed by atoms with Crippen LogP contribution in [-0.4, -0.2) is 40.8 Å². The van der Waals surface area contributed by atoms with E-state index in [0.717, 1.165) is 12.1 Å². The molecule has 1 aliphatic rings. The van der Waals surface area contributed by atoms with Gasteiger partial charge in [0.1, 0.15) is 0 Å². The summed E-state index contributed by atoms with van der Waals surface area (Å²) in [4.78, 5) is 0.0975. The largest absolute Gasteiger partial charge is 0.416 e. The van der Waals surface area contributed by atoms with E-state index in [0.29, 0.717) is 24.2 Å². The molecule has 10 heteroatoms. The predicted molar refractivity (Wildman–Crippen MR) is 94.7 cm³/mol. The van der Waals surface area contributed by atoms with Crippen LogP contribution in [0, 0.1) is 0 Å². The maximum absolute atomic E-state index is 12.9. The maximum Gasteiger partial charge on any atom is 0.416 e. The van der Waals surface area contributed by atoms with Crippen LogP contribution in [0.3, 0.4) is 0 Å². The topological polar surface area (TPSA) is 68.1 Å². The van der Waals surface area contributed by atoms with Gasteiger partial charge in [-0.2, -0.15) is 17.5 Å². The van der Waals surface area contributed by atoms with E-state index in [4.69, 9.17) is 0 Å². The second-order valence-corrected chi connectivity index (χ2v) is 8.40. The number of alkyl halides is 3. The summed E-state index contributed by atoms with van der Waals surface area (Å²) in [6, 6.07) is 10.7. The number of hydrogen-bond donors (Lipinski definition) is 0. The quantitative estimate of drug-likeness (QED) is 0.665. The average molecular weight is 408 g/mol. The molecule has 0 spiro atoms. The van der Waals surface area contributed by atoms with Gasteiger partial charge in [-0.15, -0.1) is 5.10 Å². The molecule has 4 rings (SSSR count). The summed E-state index contributed by atoms with van der Waals surface area (Å²) in [5.41, 5.74) is 0.129. The van der Waals surface area contributed by atoms with Gasteiger partial charge in [-0.25, -0.2) is 13.1 Å². The van der Waals surface area contributed by atoms with Gasteiger partial charge >= 0.3 is 6.18 Å². The van der Waals surface area contributed by atoms with E-state index < -0.39 is 21.8 Å². The summed E-state index contributed by atoms with van der Waals surface area (Å²) in [7, 11) is -3.66. The Hall–Kier alpha value is -2.72. The van der Waals surface area contributed by atoms with Crippen LogP contribution in [0.15, 0.2) is 65.8 Å². The molecule has 0 atom stereocenters. The SMILES string of the molecule is O=S(=O)(c1ccc(-c2cccc(C(F)(F)F)c2)cc1)N1CC(n2ccnn2)C1. The van der Waals surface area contributed by atoms with Gasteiger partial charge in [-0.1, -0.05) is 29.5 Å². The predicted octanol–water partition coefficient (Wildman–Crippen LogP) is 3.21. The molecule has 146 valence electrons. The first kappa shape index (κ1) is 18.6. The minimum Gasteiger partial charge on any atom is -0.247 e. The molecule has 2 aromatic carbocycles. The van der Waals surface area contributed by atoms with Gasteiger partial charge in [-0.3, -0.25) is 0 Å². The van der Waals surface area contributed by atoms with Gasteiger partial charge in [0.2, 0.25) is 10.0 Å². The molecule has 0 N–H and O–H groups in total. The van der Waals surface area contributed by atoms with Gasteiger partial charge < -0.3 is 0 Å². The fourth-order valence-electron chi connectivity index (χ4n) is 3.04. The van der Waals surface area contributed by atoms with Gasteiger partial charge in [0.15, 0.2) is 0 Å². The van der Waals surface area contributed by atoms with E-state index in [9.17, 15) is 21.6 Å². The van der Waals surface area contributed by atoms with Crippen LogP contribution in [0.2, 0.25) is 0 Å². The van der Waals surface area contributed by atoms with Gasteiger partial charge in [-0.05, 0) is 35.4 Å². The lowest BCUT2D eigenvalue weighted by atomic mass is 10.0. The second-order valence-electron chi connectivity index (χ2n) is 6.46. The lowest BCUT2D eigenvalue weighted by molar-refractivity contribution is -0.137. The number of sulfonamides is 1. The zero-order valence-electron chi connectivity index (χ0n) is 14.4. The van der Waals surface area contributed by atoms with E-state index in [1.54, 1.807) is 16.9 Å². The van der Waals surface area contributed by atoms with Crippen LogP contribution in [-0.2, 0) is 16.2 Å². The highest BCUT2D eigenvalue weighted by atomic mass is 32.2. The number of nitrogens with zero attached hydrogens (tertiary/aromatic N) is 4. The fourth-order valence-corrected chi connectivity index (χ4v) is 4.55. The van der Waals surface area contributed by atoms with E-state index in [1.165, 1.54) is 40.8 Å². The molecule has 1 saturated heterocycles.